The average molecular weight is 244 g/mol. The van der Waals surface area contributed by atoms with Gasteiger partial charge in [-0.1, -0.05) is 5.92 Å². The van der Waals surface area contributed by atoms with Gasteiger partial charge in [0.05, 0.1) is 6.54 Å². The molecule has 1 amide bonds. The van der Waals surface area contributed by atoms with Crippen molar-refractivity contribution in [1.29, 1.82) is 0 Å². The molecule has 1 heterocycles. The first kappa shape index (κ1) is 12.8. The summed E-state index contributed by atoms with van der Waals surface area (Å²) >= 11 is 0. The molecule has 1 aromatic heterocycles. The van der Waals surface area contributed by atoms with E-state index < -0.39 is 0 Å². The summed E-state index contributed by atoms with van der Waals surface area (Å²) in [6, 6.07) is 4.07. The lowest BCUT2D eigenvalue weighted by atomic mass is 10.3. The average Bonchev–Trinajstić information content (AvgIpc) is 3.01. The lowest BCUT2D eigenvalue weighted by molar-refractivity contribution is 0.0757. The molecule has 1 aliphatic carbocycles. The molecule has 0 spiro atoms. The molecular formula is C15H20N2O. The maximum Gasteiger partial charge on any atom is 0.271 e. The van der Waals surface area contributed by atoms with Gasteiger partial charge in [-0.15, -0.1) is 6.42 Å². The second-order valence-corrected chi connectivity index (χ2v) is 5.23. The van der Waals surface area contributed by atoms with Crippen LogP contribution in [-0.4, -0.2) is 28.5 Å². The standard InChI is InChI=1S/C15H20N2O/c1-4-9-16(11-13-7-8-13)15(18)14-6-5-10-17(14)12(2)3/h1,5-6,10,12-13H,7-9,11H2,2-3H3. The number of hydrogen-bond acceptors (Lipinski definition) is 1. The number of nitrogens with zero attached hydrogens (tertiary/aromatic N) is 2. The van der Waals surface area contributed by atoms with E-state index in [4.69, 9.17) is 6.42 Å². The first-order valence-corrected chi connectivity index (χ1v) is 6.53. The van der Waals surface area contributed by atoms with Crippen molar-refractivity contribution in [2.24, 2.45) is 5.92 Å². The van der Waals surface area contributed by atoms with Crippen LogP contribution in [0.25, 0.3) is 0 Å². The van der Waals surface area contributed by atoms with Gasteiger partial charge in [0.15, 0.2) is 0 Å². The number of aromatic nitrogens is 1. The van der Waals surface area contributed by atoms with Gasteiger partial charge in [-0.25, -0.2) is 0 Å². The molecule has 0 radical (unpaired) electrons. The summed E-state index contributed by atoms with van der Waals surface area (Å²) in [6.07, 6.45) is 9.75. The second-order valence-electron chi connectivity index (χ2n) is 5.23. The predicted molar refractivity (Wildman–Crippen MR) is 72.3 cm³/mol. The minimum absolute atomic E-state index is 0.0542. The van der Waals surface area contributed by atoms with Gasteiger partial charge >= 0.3 is 0 Å². The number of hydrogen-bond donors (Lipinski definition) is 0. The molecule has 2 rings (SSSR count). The highest BCUT2D eigenvalue weighted by Crippen LogP contribution is 2.30. The van der Waals surface area contributed by atoms with Gasteiger partial charge in [0.25, 0.3) is 5.91 Å². The molecule has 1 fully saturated rings. The molecule has 0 N–H and O–H groups in total. The zero-order valence-electron chi connectivity index (χ0n) is 11.1. The van der Waals surface area contributed by atoms with Crippen molar-refractivity contribution in [1.82, 2.24) is 9.47 Å². The summed E-state index contributed by atoms with van der Waals surface area (Å²) in [7, 11) is 0. The van der Waals surface area contributed by atoms with E-state index in [0.29, 0.717) is 12.5 Å². The topological polar surface area (TPSA) is 25.2 Å². The largest absolute Gasteiger partial charge is 0.341 e. The fraction of sp³-hybridized carbons (Fsp3) is 0.533. The Hall–Kier alpha value is -1.69. The van der Waals surface area contributed by atoms with Crippen molar-refractivity contribution in [3.05, 3.63) is 24.0 Å². The second kappa shape index (κ2) is 5.30. The van der Waals surface area contributed by atoms with Crippen LogP contribution in [0, 0.1) is 18.3 Å². The van der Waals surface area contributed by atoms with Crippen LogP contribution in [0.2, 0.25) is 0 Å². The van der Waals surface area contributed by atoms with Gasteiger partial charge in [-0.2, -0.15) is 0 Å². The number of carbonyl (C=O) groups is 1. The molecule has 1 aromatic rings. The maximum atomic E-state index is 12.5. The zero-order chi connectivity index (χ0) is 13.1. The highest BCUT2D eigenvalue weighted by atomic mass is 16.2. The Balaban J connectivity index is 2.16. The zero-order valence-corrected chi connectivity index (χ0v) is 11.1. The van der Waals surface area contributed by atoms with Crippen LogP contribution >= 0.6 is 0 Å². The third-order valence-electron chi connectivity index (χ3n) is 3.30. The van der Waals surface area contributed by atoms with Gasteiger partial charge in [0, 0.05) is 18.8 Å². The number of amides is 1. The Labute approximate surface area is 109 Å². The molecule has 0 aliphatic heterocycles. The quantitative estimate of drug-likeness (QED) is 0.731. The summed E-state index contributed by atoms with van der Waals surface area (Å²) in [5, 5.41) is 0. The van der Waals surface area contributed by atoms with E-state index in [9.17, 15) is 4.79 Å². The molecular weight excluding hydrogens is 224 g/mol. The Bertz CT molecular complexity index is 463. The van der Waals surface area contributed by atoms with Crippen molar-refractivity contribution in [2.75, 3.05) is 13.1 Å². The molecule has 0 saturated heterocycles. The predicted octanol–water partition coefficient (Wildman–Crippen LogP) is 2.55. The molecule has 18 heavy (non-hydrogen) atoms. The fourth-order valence-electron chi connectivity index (χ4n) is 2.13. The summed E-state index contributed by atoms with van der Waals surface area (Å²) in [5.41, 5.74) is 0.737. The normalized spacial score (nSPS) is 14.6. The molecule has 0 unspecified atom stereocenters. The van der Waals surface area contributed by atoms with E-state index in [1.165, 1.54) is 12.8 Å². The van der Waals surface area contributed by atoms with Crippen LogP contribution in [0.1, 0.15) is 43.2 Å². The molecule has 96 valence electrons. The summed E-state index contributed by atoms with van der Waals surface area (Å²) in [6.45, 7) is 5.34. The smallest absolute Gasteiger partial charge is 0.271 e. The van der Waals surface area contributed by atoms with Crippen LogP contribution in [0.5, 0.6) is 0 Å². The highest BCUT2D eigenvalue weighted by molar-refractivity contribution is 5.93. The Morgan fingerprint density at radius 3 is 2.89 bits per heavy atom. The third kappa shape index (κ3) is 2.76. The van der Waals surface area contributed by atoms with E-state index in [2.05, 4.69) is 19.8 Å². The summed E-state index contributed by atoms with van der Waals surface area (Å²) < 4.78 is 2.00. The van der Waals surface area contributed by atoms with Crippen LogP contribution in [0.4, 0.5) is 0 Å². The van der Waals surface area contributed by atoms with E-state index in [-0.39, 0.29) is 11.9 Å². The monoisotopic (exact) mass is 244 g/mol. The van der Waals surface area contributed by atoms with E-state index in [1.54, 1.807) is 4.90 Å². The third-order valence-corrected chi connectivity index (χ3v) is 3.30. The van der Waals surface area contributed by atoms with Crippen LogP contribution in [0.3, 0.4) is 0 Å². The Morgan fingerprint density at radius 2 is 2.33 bits per heavy atom. The first-order chi connectivity index (χ1) is 8.63. The molecule has 0 bridgehead atoms. The van der Waals surface area contributed by atoms with Crippen molar-refractivity contribution in [3.63, 3.8) is 0 Å². The van der Waals surface area contributed by atoms with Crippen molar-refractivity contribution in [3.8, 4) is 12.3 Å². The molecule has 3 heteroatoms. The first-order valence-electron chi connectivity index (χ1n) is 6.53. The fourth-order valence-corrected chi connectivity index (χ4v) is 2.13. The minimum Gasteiger partial charge on any atom is -0.341 e. The Morgan fingerprint density at radius 1 is 1.61 bits per heavy atom. The SMILES string of the molecule is C#CCN(CC1CC1)C(=O)c1cccn1C(C)C. The molecule has 1 aliphatic rings. The van der Waals surface area contributed by atoms with Crippen molar-refractivity contribution < 1.29 is 4.79 Å². The summed E-state index contributed by atoms with van der Waals surface area (Å²) in [4.78, 5) is 14.3. The van der Waals surface area contributed by atoms with Crippen molar-refractivity contribution >= 4 is 5.91 Å². The molecule has 0 atom stereocenters. The lowest BCUT2D eigenvalue weighted by Gasteiger charge is -2.22. The lowest BCUT2D eigenvalue weighted by Crippen LogP contribution is -2.34. The summed E-state index contributed by atoms with van der Waals surface area (Å²) in [5.74, 6) is 3.30. The highest BCUT2D eigenvalue weighted by Gasteiger charge is 2.28. The van der Waals surface area contributed by atoms with Gasteiger partial charge in [0.2, 0.25) is 0 Å². The van der Waals surface area contributed by atoms with Crippen LogP contribution in [0.15, 0.2) is 18.3 Å². The van der Waals surface area contributed by atoms with Gasteiger partial charge in [-0.3, -0.25) is 4.79 Å². The van der Waals surface area contributed by atoms with Gasteiger partial charge in [0.1, 0.15) is 5.69 Å². The van der Waals surface area contributed by atoms with Crippen LogP contribution < -0.4 is 0 Å². The molecule has 0 aromatic carbocycles. The number of rotatable bonds is 5. The minimum atomic E-state index is 0.0542. The number of carbonyl (C=O) groups excluding carboxylic acids is 1. The van der Waals surface area contributed by atoms with E-state index in [0.717, 1.165) is 12.2 Å². The van der Waals surface area contributed by atoms with Gasteiger partial charge in [-0.05, 0) is 44.7 Å². The van der Waals surface area contributed by atoms with Gasteiger partial charge < -0.3 is 9.47 Å². The number of terminal acetylenes is 1. The van der Waals surface area contributed by atoms with E-state index >= 15 is 0 Å². The molecule has 3 nitrogen and oxygen atoms in total. The van der Waals surface area contributed by atoms with Crippen molar-refractivity contribution in [2.45, 2.75) is 32.7 Å². The van der Waals surface area contributed by atoms with E-state index in [1.807, 2.05) is 22.9 Å². The molecule has 1 saturated carbocycles. The Kier molecular flexibility index (Phi) is 3.76. The van der Waals surface area contributed by atoms with Crippen LogP contribution in [-0.2, 0) is 0 Å². The maximum absolute atomic E-state index is 12.5.